The lowest BCUT2D eigenvalue weighted by Crippen LogP contribution is -2.48. The minimum atomic E-state index is -0.687. The number of aliphatic hydroxyl groups is 1. The summed E-state index contributed by atoms with van der Waals surface area (Å²) in [4.78, 5) is 50.0. The van der Waals surface area contributed by atoms with Crippen molar-refractivity contribution < 1.29 is 19.1 Å². The maximum absolute atomic E-state index is 14.1. The highest BCUT2D eigenvalue weighted by Crippen LogP contribution is 2.40. The second-order valence-electron chi connectivity index (χ2n) is 18.4. The van der Waals surface area contributed by atoms with E-state index in [0.717, 1.165) is 112 Å². The summed E-state index contributed by atoms with van der Waals surface area (Å²) < 4.78 is 19.6. The van der Waals surface area contributed by atoms with Crippen LogP contribution in [0.3, 0.4) is 0 Å². The minimum Gasteiger partial charge on any atom is -0.393 e. The predicted molar refractivity (Wildman–Crippen MR) is 249 cm³/mol. The summed E-state index contributed by atoms with van der Waals surface area (Å²) in [7, 11) is 1.74. The molecule has 14 nitrogen and oxygen atoms in total. The molecule has 4 N–H and O–H groups in total. The molecule has 2 atom stereocenters. The molecule has 6 heterocycles. The summed E-state index contributed by atoms with van der Waals surface area (Å²) >= 11 is 6.13. The van der Waals surface area contributed by atoms with Crippen molar-refractivity contribution in [1.82, 2.24) is 28.8 Å². The zero-order valence-corrected chi connectivity index (χ0v) is 36.9. The number of likely N-dealkylation sites (tertiary alicyclic amines) is 1. The SMILES string of the molecule is Cn1c(=O)n(C2CCC(=O)NC2=O)c2ccc(N3CCN(CC4CCN(Cc5ccc(-c6cn(C7CCC(O)CC7)c7c6C=NC(Nc6cc(F)cc(Cl)c6)N7)cc5)CC4)CC3)cc21. The van der Waals surface area contributed by atoms with Crippen LogP contribution < -0.4 is 26.5 Å². The van der Waals surface area contributed by atoms with E-state index in [0.29, 0.717) is 28.6 Å². The summed E-state index contributed by atoms with van der Waals surface area (Å²) in [5.74, 6) is 0.509. The molecule has 0 radical (unpaired) electrons. The van der Waals surface area contributed by atoms with Gasteiger partial charge in [-0.2, -0.15) is 0 Å². The van der Waals surface area contributed by atoms with Crippen molar-refractivity contribution in [3.05, 3.63) is 99.3 Å². The molecule has 3 saturated heterocycles. The molecular weight excluding hydrogens is 835 g/mol. The van der Waals surface area contributed by atoms with Crippen molar-refractivity contribution in [2.75, 3.05) is 61.3 Å². The van der Waals surface area contributed by atoms with E-state index in [-0.39, 0.29) is 30.2 Å². The Bertz CT molecular complexity index is 2610. The number of aliphatic hydroxyl groups excluding tert-OH is 1. The number of hydrogen-bond donors (Lipinski definition) is 4. The molecule has 10 rings (SSSR count). The zero-order chi connectivity index (χ0) is 44.1. The smallest absolute Gasteiger partial charge is 0.329 e. The fourth-order valence-electron chi connectivity index (χ4n) is 10.6. The number of amides is 2. The Labute approximate surface area is 376 Å². The van der Waals surface area contributed by atoms with E-state index in [9.17, 15) is 23.9 Å². The Kier molecular flexibility index (Phi) is 11.8. The zero-order valence-electron chi connectivity index (χ0n) is 36.2. The lowest BCUT2D eigenvalue weighted by molar-refractivity contribution is -0.135. The van der Waals surface area contributed by atoms with E-state index in [1.807, 2.05) is 18.3 Å². The topological polar surface area (TPSA) is 144 Å². The second-order valence-corrected chi connectivity index (χ2v) is 18.8. The summed E-state index contributed by atoms with van der Waals surface area (Å²) in [6, 6.07) is 18.9. The van der Waals surface area contributed by atoms with Crippen molar-refractivity contribution in [1.29, 1.82) is 0 Å². The van der Waals surface area contributed by atoms with Crippen LogP contribution in [0.1, 0.15) is 74.6 Å². The lowest BCUT2D eigenvalue weighted by Gasteiger charge is -2.39. The maximum Gasteiger partial charge on any atom is 0.329 e. The van der Waals surface area contributed by atoms with Crippen molar-refractivity contribution in [2.24, 2.45) is 18.0 Å². The number of nitrogens with one attached hydrogen (secondary N) is 3. The normalized spacial score (nSPS) is 23.6. The molecule has 16 heteroatoms. The van der Waals surface area contributed by atoms with Gasteiger partial charge in [-0.1, -0.05) is 35.9 Å². The molecule has 1 saturated carbocycles. The Morgan fingerprint density at radius 1 is 0.859 bits per heavy atom. The average Bonchev–Trinajstić information content (AvgIpc) is 3.78. The Morgan fingerprint density at radius 2 is 1.62 bits per heavy atom. The Morgan fingerprint density at radius 3 is 2.36 bits per heavy atom. The molecule has 336 valence electrons. The molecule has 1 aliphatic carbocycles. The lowest BCUT2D eigenvalue weighted by atomic mass is 9.93. The molecule has 4 aliphatic heterocycles. The number of aromatic nitrogens is 3. The molecule has 5 aromatic rings. The van der Waals surface area contributed by atoms with Crippen molar-refractivity contribution in [3.8, 4) is 11.1 Å². The van der Waals surface area contributed by atoms with E-state index >= 15 is 0 Å². The second kappa shape index (κ2) is 17.8. The largest absolute Gasteiger partial charge is 0.393 e. The van der Waals surface area contributed by atoms with E-state index in [2.05, 4.69) is 71.7 Å². The maximum atomic E-state index is 14.1. The monoisotopic (exact) mass is 890 g/mol. The molecule has 3 aromatic carbocycles. The number of imide groups is 1. The summed E-state index contributed by atoms with van der Waals surface area (Å²) in [6.45, 7) is 7.98. The fraction of sp³-hybridized carbons (Fsp3) is 0.458. The number of hydrogen-bond acceptors (Lipinski definition) is 10. The van der Waals surface area contributed by atoms with Gasteiger partial charge in [0.25, 0.3) is 0 Å². The minimum absolute atomic E-state index is 0.221. The number of fused-ring (bicyclic) bond motifs is 2. The molecule has 2 aromatic heterocycles. The number of rotatable bonds is 10. The fourth-order valence-corrected chi connectivity index (χ4v) is 10.8. The molecule has 2 unspecified atom stereocenters. The molecule has 2 amide bonds. The number of nitrogens with zero attached hydrogens (tertiary/aromatic N) is 7. The van der Waals surface area contributed by atoms with Crippen LogP contribution in [-0.4, -0.2) is 105 Å². The first-order valence-corrected chi connectivity index (χ1v) is 23.2. The number of carbonyl (C=O) groups is 2. The third-order valence-corrected chi connectivity index (χ3v) is 14.4. The van der Waals surface area contributed by atoms with E-state index in [4.69, 9.17) is 16.6 Å². The highest BCUT2D eigenvalue weighted by Gasteiger charge is 2.33. The number of aliphatic imine (C=N–C) groups is 1. The highest BCUT2D eigenvalue weighted by molar-refractivity contribution is 6.30. The average molecular weight is 891 g/mol. The number of halogens is 2. The summed E-state index contributed by atoms with van der Waals surface area (Å²) in [6.07, 6.45) is 9.60. The number of piperazine rings is 1. The van der Waals surface area contributed by atoms with E-state index in [1.165, 1.54) is 35.1 Å². The van der Waals surface area contributed by atoms with Gasteiger partial charge in [-0.05, 0) is 111 Å². The Balaban J connectivity index is 0.729. The molecule has 64 heavy (non-hydrogen) atoms. The summed E-state index contributed by atoms with van der Waals surface area (Å²) in [5, 5.41) is 19.8. The first kappa shape index (κ1) is 42.5. The molecule has 4 fully saturated rings. The van der Waals surface area contributed by atoms with Crippen LogP contribution in [0.15, 0.2) is 76.6 Å². The van der Waals surface area contributed by atoms with Gasteiger partial charge in [-0.25, -0.2) is 14.2 Å². The van der Waals surface area contributed by atoms with Crippen LogP contribution in [0, 0.1) is 11.7 Å². The first-order chi connectivity index (χ1) is 31.0. The van der Waals surface area contributed by atoms with Crippen molar-refractivity contribution in [2.45, 2.75) is 82.4 Å². The van der Waals surface area contributed by atoms with Gasteiger partial charge in [0.15, 0.2) is 6.29 Å². The van der Waals surface area contributed by atoms with Crippen LogP contribution in [0.4, 0.5) is 21.6 Å². The molecule has 5 aliphatic rings. The standard InChI is InChI=1S/C48H56ClFN10O4/c1-55-43-25-37(8-11-41(43)60(48(55)64)42-12-13-44(62)53-46(42)63)58-20-18-57(19-21-58)28-31-14-16-56(17-15-31)27-30-2-4-32(5-3-30)40-29-59(36-6-9-38(61)10-7-36)45-39(40)26-51-47(54-45)52-35-23-33(49)22-34(50)24-35/h2-5,8,11,22-26,29,31,36,38,42,47,52,54,61H,6-7,9-10,12-21,27-28H2,1H3,(H,53,62,63). The molecular formula is C48H56ClFN10O4. The quantitative estimate of drug-likeness (QED) is 0.118. The van der Waals surface area contributed by atoms with Crippen LogP contribution in [-0.2, 0) is 23.2 Å². The van der Waals surface area contributed by atoms with Crippen molar-refractivity contribution >= 4 is 57.9 Å². The van der Waals surface area contributed by atoms with Gasteiger partial charge in [0.05, 0.1) is 17.1 Å². The van der Waals surface area contributed by atoms with E-state index in [1.54, 1.807) is 17.7 Å². The van der Waals surface area contributed by atoms with Gasteiger partial charge < -0.3 is 25.2 Å². The predicted octanol–water partition coefficient (Wildman–Crippen LogP) is 6.33. The molecule has 0 bridgehead atoms. The summed E-state index contributed by atoms with van der Waals surface area (Å²) in [5.41, 5.74) is 7.41. The number of anilines is 3. The van der Waals surface area contributed by atoms with Gasteiger partial charge >= 0.3 is 5.69 Å². The van der Waals surface area contributed by atoms with Crippen molar-refractivity contribution in [3.63, 3.8) is 0 Å². The number of imidazole rings is 1. The number of benzene rings is 3. The Hall–Kier alpha value is -5.48. The van der Waals surface area contributed by atoms with Crippen LogP contribution in [0.25, 0.3) is 22.2 Å². The number of carbonyl (C=O) groups excluding carboxylic acids is 2. The van der Waals surface area contributed by atoms with Gasteiger partial charge in [0.2, 0.25) is 11.8 Å². The van der Waals surface area contributed by atoms with Gasteiger partial charge in [0.1, 0.15) is 17.7 Å². The van der Waals surface area contributed by atoms with Gasteiger partial charge in [-0.15, -0.1) is 0 Å². The van der Waals surface area contributed by atoms with Gasteiger partial charge in [-0.3, -0.25) is 33.8 Å². The first-order valence-electron chi connectivity index (χ1n) is 22.8. The third-order valence-electron chi connectivity index (χ3n) is 14.2. The van der Waals surface area contributed by atoms with Crippen LogP contribution in [0.2, 0.25) is 5.02 Å². The molecule has 0 spiro atoms. The van der Waals surface area contributed by atoms with Crippen LogP contribution in [0.5, 0.6) is 0 Å². The number of aryl methyl sites for hydroxylation is 1. The highest BCUT2D eigenvalue weighted by atomic mass is 35.5. The third kappa shape index (κ3) is 8.70. The number of piperidine rings is 2. The van der Waals surface area contributed by atoms with Gasteiger partial charge in [0, 0.05) is 98.7 Å². The van der Waals surface area contributed by atoms with Crippen LogP contribution >= 0.6 is 11.6 Å². The van der Waals surface area contributed by atoms with E-state index < -0.39 is 24.1 Å².